The molecule has 1 saturated heterocycles. The maximum absolute atomic E-state index is 12.1. The lowest BCUT2D eigenvalue weighted by Gasteiger charge is -2.14. The van der Waals surface area contributed by atoms with E-state index >= 15 is 0 Å². The summed E-state index contributed by atoms with van der Waals surface area (Å²) in [7, 11) is 0. The average molecular weight is 263 g/mol. The van der Waals surface area contributed by atoms with Crippen LogP contribution in [0.3, 0.4) is 0 Å². The van der Waals surface area contributed by atoms with Gasteiger partial charge in [-0.1, -0.05) is 13.8 Å². The van der Waals surface area contributed by atoms with E-state index in [0.717, 1.165) is 31.4 Å². The molecule has 1 saturated carbocycles. The number of amides is 1. The van der Waals surface area contributed by atoms with Crippen molar-refractivity contribution >= 4 is 5.91 Å². The van der Waals surface area contributed by atoms with Crippen LogP contribution >= 0.6 is 0 Å². The summed E-state index contributed by atoms with van der Waals surface area (Å²) in [6.07, 6.45) is 3.67. The molecule has 1 aliphatic heterocycles. The summed E-state index contributed by atoms with van der Waals surface area (Å²) in [5.41, 5.74) is 0. The smallest absolute Gasteiger partial charge is 0.291 e. The fourth-order valence-electron chi connectivity index (χ4n) is 2.56. The van der Waals surface area contributed by atoms with Gasteiger partial charge in [0.05, 0.1) is 0 Å². The average Bonchev–Trinajstić information content (AvgIpc) is 2.92. The zero-order valence-corrected chi connectivity index (χ0v) is 11.5. The van der Waals surface area contributed by atoms with Crippen molar-refractivity contribution in [1.29, 1.82) is 0 Å². The summed E-state index contributed by atoms with van der Waals surface area (Å²) >= 11 is 0. The lowest BCUT2D eigenvalue weighted by molar-refractivity contribution is 0.0927. The SMILES string of the molecule is CC(C)c1nc(C(=O)NC2CCN(C3CC3)C2)n[nH]1. The predicted octanol–water partition coefficient (Wildman–Crippen LogP) is 0.895. The first-order valence-corrected chi connectivity index (χ1v) is 7.10. The van der Waals surface area contributed by atoms with Gasteiger partial charge in [0.25, 0.3) is 5.91 Å². The van der Waals surface area contributed by atoms with Crippen molar-refractivity contribution in [2.45, 2.75) is 51.1 Å². The number of carbonyl (C=O) groups excluding carboxylic acids is 1. The maximum Gasteiger partial charge on any atom is 0.291 e. The Morgan fingerprint density at radius 3 is 2.84 bits per heavy atom. The highest BCUT2D eigenvalue weighted by atomic mass is 16.2. The summed E-state index contributed by atoms with van der Waals surface area (Å²) < 4.78 is 0. The van der Waals surface area contributed by atoms with Crippen molar-refractivity contribution in [3.8, 4) is 0 Å². The molecule has 1 aliphatic carbocycles. The predicted molar refractivity (Wildman–Crippen MR) is 70.9 cm³/mol. The molecule has 1 unspecified atom stereocenters. The molecule has 104 valence electrons. The van der Waals surface area contributed by atoms with E-state index in [9.17, 15) is 4.79 Å². The molecule has 0 spiro atoms. The highest BCUT2D eigenvalue weighted by Crippen LogP contribution is 2.29. The minimum absolute atomic E-state index is 0.161. The van der Waals surface area contributed by atoms with Gasteiger partial charge in [0.2, 0.25) is 5.82 Å². The van der Waals surface area contributed by atoms with Crippen LogP contribution in [0.15, 0.2) is 0 Å². The van der Waals surface area contributed by atoms with Crippen LogP contribution in [-0.4, -0.2) is 51.2 Å². The highest BCUT2D eigenvalue weighted by molar-refractivity contribution is 5.90. The van der Waals surface area contributed by atoms with Gasteiger partial charge in [0.1, 0.15) is 5.82 Å². The zero-order chi connectivity index (χ0) is 13.4. The van der Waals surface area contributed by atoms with E-state index < -0.39 is 0 Å². The van der Waals surface area contributed by atoms with Crippen LogP contribution < -0.4 is 5.32 Å². The molecule has 2 aliphatic rings. The Labute approximate surface area is 113 Å². The lowest BCUT2D eigenvalue weighted by Crippen LogP contribution is -2.38. The zero-order valence-electron chi connectivity index (χ0n) is 11.5. The van der Waals surface area contributed by atoms with Gasteiger partial charge in [-0.15, -0.1) is 5.10 Å². The normalized spacial score (nSPS) is 24.1. The molecule has 1 aromatic heterocycles. The van der Waals surface area contributed by atoms with Gasteiger partial charge in [0, 0.05) is 31.1 Å². The van der Waals surface area contributed by atoms with Gasteiger partial charge in [0.15, 0.2) is 0 Å². The maximum atomic E-state index is 12.1. The van der Waals surface area contributed by atoms with E-state index in [2.05, 4.69) is 25.4 Å². The molecule has 6 nitrogen and oxygen atoms in total. The first-order valence-electron chi connectivity index (χ1n) is 7.10. The van der Waals surface area contributed by atoms with Crippen LogP contribution in [0.1, 0.15) is 55.5 Å². The molecule has 0 radical (unpaired) electrons. The number of aromatic nitrogens is 3. The summed E-state index contributed by atoms with van der Waals surface area (Å²) in [6.45, 7) is 6.11. The summed E-state index contributed by atoms with van der Waals surface area (Å²) in [5, 5.41) is 9.83. The van der Waals surface area contributed by atoms with Crippen molar-refractivity contribution < 1.29 is 4.79 Å². The van der Waals surface area contributed by atoms with Gasteiger partial charge in [-0.25, -0.2) is 4.98 Å². The first-order chi connectivity index (χ1) is 9.13. The Bertz CT molecular complexity index is 465. The number of hydrogen-bond donors (Lipinski definition) is 2. The van der Waals surface area contributed by atoms with Crippen LogP contribution in [0, 0.1) is 0 Å². The van der Waals surface area contributed by atoms with E-state index in [-0.39, 0.29) is 23.7 Å². The number of aromatic amines is 1. The van der Waals surface area contributed by atoms with Gasteiger partial charge in [-0.05, 0) is 19.3 Å². The molecular formula is C13H21N5O. The van der Waals surface area contributed by atoms with Gasteiger partial charge in [-0.2, -0.15) is 0 Å². The summed E-state index contributed by atoms with van der Waals surface area (Å²) in [6, 6.07) is 1.02. The number of rotatable bonds is 4. The first kappa shape index (κ1) is 12.6. The Morgan fingerprint density at radius 2 is 2.21 bits per heavy atom. The van der Waals surface area contributed by atoms with E-state index in [0.29, 0.717) is 0 Å². The quantitative estimate of drug-likeness (QED) is 0.846. The molecule has 1 amide bonds. The molecule has 1 aromatic rings. The fraction of sp³-hybridized carbons (Fsp3) is 0.769. The molecule has 2 fully saturated rings. The monoisotopic (exact) mass is 263 g/mol. The number of carbonyl (C=O) groups is 1. The van der Waals surface area contributed by atoms with Crippen LogP contribution in [-0.2, 0) is 0 Å². The molecule has 1 atom stereocenters. The van der Waals surface area contributed by atoms with Crippen LogP contribution in [0.2, 0.25) is 0 Å². The third kappa shape index (κ3) is 2.78. The third-order valence-electron chi connectivity index (χ3n) is 3.87. The van der Waals surface area contributed by atoms with Gasteiger partial charge >= 0.3 is 0 Å². The second-order valence-electron chi connectivity index (χ2n) is 5.88. The van der Waals surface area contributed by atoms with E-state index in [1.165, 1.54) is 12.8 Å². The van der Waals surface area contributed by atoms with Crippen LogP contribution in [0.4, 0.5) is 0 Å². The highest BCUT2D eigenvalue weighted by Gasteiger charge is 2.35. The Morgan fingerprint density at radius 1 is 1.42 bits per heavy atom. The minimum atomic E-state index is -0.161. The van der Waals surface area contributed by atoms with Crippen molar-refractivity contribution in [2.75, 3.05) is 13.1 Å². The molecule has 2 heterocycles. The van der Waals surface area contributed by atoms with Crippen molar-refractivity contribution in [1.82, 2.24) is 25.4 Å². The molecular weight excluding hydrogens is 242 g/mol. The molecule has 3 rings (SSSR count). The molecule has 6 heteroatoms. The van der Waals surface area contributed by atoms with E-state index in [1.54, 1.807) is 0 Å². The summed E-state index contributed by atoms with van der Waals surface area (Å²) in [5.74, 6) is 1.11. The largest absolute Gasteiger partial charge is 0.345 e. The Hall–Kier alpha value is -1.43. The van der Waals surface area contributed by atoms with E-state index in [4.69, 9.17) is 0 Å². The van der Waals surface area contributed by atoms with Crippen LogP contribution in [0.5, 0.6) is 0 Å². The summed E-state index contributed by atoms with van der Waals surface area (Å²) in [4.78, 5) is 18.8. The lowest BCUT2D eigenvalue weighted by atomic mass is 10.2. The third-order valence-corrected chi connectivity index (χ3v) is 3.87. The number of nitrogens with zero attached hydrogens (tertiary/aromatic N) is 3. The molecule has 2 N–H and O–H groups in total. The number of nitrogens with one attached hydrogen (secondary N) is 2. The Balaban J connectivity index is 1.55. The Kier molecular flexibility index (Phi) is 3.26. The number of likely N-dealkylation sites (tertiary alicyclic amines) is 1. The van der Waals surface area contributed by atoms with Crippen molar-refractivity contribution in [3.05, 3.63) is 11.6 Å². The van der Waals surface area contributed by atoms with Crippen molar-refractivity contribution in [3.63, 3.8) is 0 Å². The number of H-pyrrole nitrogens is 1. The second-order valence-corrected chi connectivity index (χ2v) is 5.88. The number of hydrogen-bond acceptors (Lipinski definition) is 4. The van der Waals surface area contributed by atoms with E-state index in [1.807, 2.05) is 13.8 Å². The fourth-order valence-corrected chi connectivity index (χ4v) is 2.56. The van der Waals surface area contributed by atoms with Crippen molar-refractivity contribution in [2.24, 2.45) is 0 Å². The van der Waals surface area contributed by atoms with Gasteiger partial charge in [-0.3, -0.25) is 14.8 Å². The van der Waals surface area contributed by atoms with Gasteiger partial charge < -0.3 is 5.32 Å². The topological polar surface area (TPSA) is 73.9 Å². The molecule has 0 aromatic carbocycles. The second kappa shape index (κ2) is 4.92. The molecule has 0 bridgehead atoms. The molecule has 19 heavy (non-hydrogen) atoms. The standard InChI is InChI=1S/C13H21N5O/c1-8(2)11-15-12(17-16-11)13(19)14-9-5-6-18(7-9)10-3-4-10/h8-10H,3-7H2,1-2H3,(H,14,19)(H,15,16,17). The minimum Gasteiger partial charge on any atom is -0.345 e. The van der Waals surface area contributed by atoms with Crippen LogP contribution in [0.25, 0.3) is 0 Å².